The van der Waals surface area contributed by atoms with Crippen molar-refractivity contribution >= 4 is 22.7 Å². The minimum absolute atomic E-state index is 0.0383. The molecule has 24 heavy (non-hydrogen) atoms. The average Bonchev–Trinajstić information content (AvgIpc) is 3.00. The number of hydrazone groups is 1. The number of fused-ring (bicyclic) bond motifs is 1. The molecule has 0 aliphatic rings. The zero-order valence-corrected chi connectivity index (χ0v) is 13.2. The Bertz CT molecular complexity index is 883. The molecule has 2 N–H and O–H groups in total. The van der Waals surface area contributed by atoms with E-state index in [1.807, 2.05) is 31.2 Å². The molecule has 0 fully saturated rings. The lowest BCUT2D eigenvalue weighted by Gasteiger charge is -2.06. The van der Waals surface area contributed by atoms with Crippen LogP contribution in [0.2, 0.25) is 0 Å². The van der Waals surface area contributed by atoms with E-state index in [4.69, 9.17) is 0 Å². The van der Waals surface area contributed by atoms with Crippen molar-refractivity contribution in [2.24, 2.45) is 5.10 Å². The van der Waals surface area contributed by atoms with Gasteiger partial charge in [-0.25, -0.2) is 10.1 Å². The standard InChI is InChI=1S/C17H17N5O2/c1-2-14(12-7-9-13(23)10-8-12)18-20-17(24)11-22-16-6-4-3-5-15(16)19-21-22/h3-10,23H,2,11H2,1H3,(H,20,24)/b18-14+. The van der Waals surface area contributed by atoms with Crippen molar-refractivity contribution in [2.75, 3.05) is 0 Å². The summed E-state index contributed by atoms with van der Waals surface area (Å²) >= 11 is 0. The summed E-state index contributed by atoms with van der Waals surface area (Å²) in [5.41, 5.74) is 5.66. The van der Waals surface area contributed by atoms with Gasteiger partial charge in [-0.3, -0.25) is 4.79 Å². The summed E-state index contributed by atoms with van der Waals surface area (Å²) in [6.45, 7) is 1.99. The van der Waals surface area contributed by atoms with Crippen molar-refractivity contribution in [3.63, 3.8) is 0 Å². The van der Waals surface area contributed by atoms with Gasteiger partial charge in [0.2, 0.25) is 0 Å². The van der Waals surface area contributed by atoms with E-state index in [-0.39, 0.29) is 18.2 Å². The zero-order chi connectivity index (χ0) is 16.9. The van der Waals surface area contributed by atoms with Crippen LogP contribution in [0.5, 0.6) is 5.75 Å². The van der Waals surface area contributed by atoms with E-state index in [9.17, 15) is 9.90 Å². The van der Waals surface area contributed by atoms with E-state index < -0.39 is 0 Å². The van der Waals surface area contributed by atoms with Gasteiger partial charge in [0, 0.05) is 0 Å². The Morgan fingerprint density at radius 3 is 2.71 bits per heavy atom. The number of aromatic hydroxyl groups is 1. The molecule has 0 saturated carbocycles. The van der Waals surface area contributed by atoms with Crippen LogP contribution in [0.1, 0.15) is 18.9 Å². The Hall–Kier alpha value is -3.22. The lowest BCUT2D eigenvalue weighted by atomic mass is 10.1. The van der Waals surface area contributed by atoms with Crippen LogP contribution in [0.4, 0.5) is 0 Å². The molecule has 7 nitrogen and oxygen atoms in total. The topological polar surface area (TPSA) is 92.4 Å². The summed E-state index contributed by atoms with van der Waals surface area (Å²) in [5.74, 6) is -0.0910. The second-order valence-corrected chi connectivity index (χ2v) is 5.23. The highest BCUT2D eigenvalue weighted by Crippen LogP contribution is 2.12. The Morgan fingerprint density at radius 2 is 1.96 bits per heavy atom. The van der Waals surface area contributed by atoms with E-state index in [0.717, 1.165) is 22.3 Å². The minimum atomic E-state index is -0.282. The molecular formula is C17H17N5O2. The van der Waals surface area contributed by atoms with Gasteiger partial charge < -0.3 is 5.11 Å². The van der Waals surface area contributed by atoms with Crippen molar-refractivity contribution in [3.05, 3.63) is 54.1 Å². The smallest absolute Gasteiger partial charge is 0.261 e. The maximum Gasteiger partial charge on any atom is 0.261 e. The highest BCUT2D eigenvalue weighted by Gasteiger charge is 2.08. The third-order valence-electron chi connectivity index (χ3n) is 3.56. The number of benzene rings is 2. The van der Waals surface area contributed by atoms with Gasteiger partial charge >= 0.3 is 0 Å². The Balaban J connectivity index is 1.70. The van der Waals surface area contributed by atoms with Crippen LogP contribution in [-0.2, 0) is 11.3 Å². The fourth-order valence-corrected chi connectivity index (χ4v) is 2.34. The van der Waals surface area contributed by atoms with Crippen molar-refractivity contribution in [1.29, 1.82) is 0 Å². The number of para-hydroxylation sites is 1. The molecule has 0 atom stereocenters. The number of phenols is 1. The summed E-state index contributed by atoms with van der Waals surface area (Å²) in [5, 5.41) is 21.5. The first-order valence-corrected chi connectivity index (χ1v) is 7.60. The monoisotopic (exact) mass is 323 g/mol. The van der Waals surface area contributed by atoms with Gasteiger partial charge in [-0.15, -0.1) is 5.10 Å². The fourth-order valence-electron chi connectivity index (χ4n) is 2.34. The van der Waals surface area contributed by atoms with E-state index in [1.54, 1.807) is 24.3 Å². The van der Waals surface area contributed by atoms with E-state index >= 15 is 0 Å². The Labute approximate surface area is 138 Å². The SMILES string of the molecule is CC/C(=N\NC(=O)Cn1nnc2ccccc21)c1ccc(O)cc1. The van der Waals surface area contributed by atoms with Gasteiger partial charge in [-0.2, -0.15) is 5.10 Å². The number of aromatic nitrogens is 3. The molecule has 1 heterocycles. The molecule has 7 heteroatoms. The van der Waals surface area contributed by atoms with Crippen LogP contribution in [0.25, 0.3) is 11.0 Å². The number of hydrogen-bond donors (Lipinski definition) is 2. The van der Waals surface area contributed by atoms with Crippen molar-refractivity contribution in [3.8, 4) is 5.75 Å². The number of nitrogens with one attached hydrogen (secondary N) is 1. The quantitative estimate of drug-likeness (QED) is 0.555. The Morgan fingerprint density at radius 1 is 1.21 bits per heavy atom. The number of carbonyl (C=O) groups excluding carboxylic acids is 1. The van der Waals surface area contributed by atoms with Gasteiger partial charge in [-0.1, -0.05) is 24.3 Å². The number of carbonyl (C=O) groups is 1. The molecule has 122 valence electrons. The van der Waals surface area contributed by atoms with Crippen molar-refractivity contribution in [1.82, 2.24) is 20.4 Å². The normalized spacial score (nSPS) is 11.6. The second-order valence-electron chi connectivity index (χ2n) is 5.23. The molecule has 0 radical (unpaired) electrons. The summed E-state index contributed by atoms with van der Waals surface area (Å²) in [6, 6.07) is 14.1. The summed E-state index contributed by atoms with van der Waals surface area (Å²) in [7, 11) is 0. The minimum Gasteiger partial charge on any atom is -0.508 e. The predicted octanol–water partition coefficient (Wildman–Crippen LogP) is 2.07. The molecule has 3 aromatic rings. The highest BCUT2D eigenvalue weighted by atomic mass is 16.3. The van der Waals surface area contributed by atoms with Crippen LogP contribution in [0.3, 0.4) is 0 Å². The van der Waals surface area contributed by atoms with E-state index in [2.05, 4.69) is 20.8 Å². The number of amides is 1. The van der Waals surface area contributed by atoms with Gasteiger partial charge in [-0.05, 0) is 48.4 Å². The summed E-state index contributed by atoms with van der Waals surface area (Å²) in [6.07, 6.45) is 0.650. The van der Waals surface area contributed by atoms with E-state index in [1.165, 1.54) is 4.68 Å². The van der Waals surface area contributed by atoms with Crippen LogP contribution in [0.15, 0.2) is 53.6 Å². The van der Waals surface area contributed by atoms with Gasteiger partial charge in [0.1, 0.15) is 17.8 Å². The first-order valence-electron chi connectivity index (χ1n) is 7.60. The third-order valence-corrected chi connectivity index (χ3v) is 3.56. The van der Waals surface area contributed by atoms with Gasteiger partial charge in [0.15, 0.2) is 0 Å². The molecule has 0 spiro atoms. The number of rotatable bonds is 5. The molecule has 1 amide bonds. The highest BCUT2D eigenvalue weighted by molar-refractivity contribution is 6.01. The lowest BCUT2D eigenvalue weighted by molar-refractivity contribution is -0.121. The number of nitrogens with zero attached hydrogens (tertiary/aromatic N) is 4. The number of phenolic OH excluding ortho intramolecular Hbond substituents is 1. The van der Waals surface area contributed by atoms with Crippen molar-refractivity contribution in [2.45, 2.75) is 19.9 Å². The summed E-state index contributed by atoms with van der Waals surface area (Å²) in [4.78, 5) is 12.1. The first kappa shape index (κ1) is 15.7. The molecular weight excluding hydrogens is 306 g/mol. The van der Waals surface area contributed by atoms with Gasteiger partial charge in [0.25, 0.3) is 5.91 Å². The van der Waals surface area contributed by atoms with Crippen LogP contribution in [-0.4, -0.2) is 31.7 Å². The van der Waals surface area contributed by atoms with E-state index in [0.29, 0.717) is 6.42 Å². The Kier molecular flexibility index (Phi) is 4.51. The summed E-state index contributed by atoms with van der Waals surface area (Å²) < 4.78 is 1.53. The maximum absolute atomic E-state index is 12.1. The van der Waals surface area contributed by atoms with Gasteiger partial charge in [0.05, 0.1) is 11.2 Å². The maximum atomic E-state index is 12.1. The fraction of sp³-hybridized carbons (Fsp3) is 0.176. The van der Waals surface area contributed by atoms with Crippen molar-refractivity contribution < 1.29 is 9.90 Å². The average molecular weight is 323 g/mol. The molecule has 3 rings (SSSR count). The first-order chi connectivity index (χ1) is 11.7. The molecule has 0 unspecified atom stereocenters. The molecule has 0 aliphatic carbocycles. The molecule has 0 bridgehead atoms. The molecule has 1 aromatic heterocycles. The van der Waals surface area contributed by atoms with Crippen LogP contribution < -0.4 is 5.43 Å². The predicted molar refractivity (Wildman–Crippen MR) is 90.6 cm³/mol. The van der Waals surface area contributed by atoms with Crippen LogP contribution in [0, 0.1) is 0 Å². The lowest BCUT2D eigenvalue weighted by Crippen LogP contribution is -2.25. The largest absolute Gasteiger partial charge is 0.508 e. The second kappa shape index (κ2) is 6.91. The zero-order valence-electron chi connectivity index (χ0n) is 13.2. The number of hydrogen-bond acceptors (Lipinski definition) is 5. The molecule has 2 aromatic carbocycles. The molecule has 0 aliphatic heterocycles. The van der Waals surface area contributed by atoms with Crippen LogP contribution >= 0.6 is 0 Å². The molecule has 0 saturated heterocycles. The third kappa shape index (κ3) is 3.40.